The van der Waals surface area contributed by atoms with E-state index in [2.05, 4.69) is 10.5 Å². The van der Waals surface area contributed by atoms with E-state index >= 15 is 0 Å². The molecule has 0 aromatic heterocycles. The number of nitrogens with zero attached hydrogens (tertiary/aromatic N) is 4. The first-order valence-corrected chi connectivity index (χ1v) is 6.28. The normalized spacial score (nSPS) is 10.9. The number of rotatable bonds is 4. The van der Waals surface area contributed by atoms with E-state index in [-0.39, 0.29) is 5.69 Å². The third-order valence-electron chi connectivity index (χ3n) is 2.21. The van der Waals surface area contributed by atoms with Crippen molar-refractivity contribution in [3.63, 3.8) is 0 Å². The van der Waals surface area contributed by atoms with Crippen molar-refractivity contribution in [1.29, 1.82) is 15.8 Å². The van der Waals surface area contributed by atoms with Crippen LogP contribution in [0.15, 0.2) is 28.2 Å². The van der Waals surface area contributed by atoms with Crippen molar-refractivity contribution in [3.05, 3.63) is 23.8 Å². The van der Waals surface area contributed by atoms with Gasteiger partial charge in [-0.2, -0.15) is 42.8 Å². The van der Waals surface area contributed by atoms with Crippen molar-refractivity contribution in [2.75, 3.05) is 5.43 Å². The molecule has 0 heterocycles. The van der Waals surface area contributed by atoms with Crippen LogP contribution in [0, 0.1) is 34.0 Å². The Labute approximate surface area is 130 Å². The Morgan fingerprint density at radius 2 is 1.70 bits per heavy atom. The highest BCUT2D eigenvalue weighted by Crippen LogP contribution is 2.48. The minimum atomic E-state index is -5.79. The lowest BCUT2D eigenvalue weighted by atomic mass is 10.2. The molecule has 0 radical (unpaired) electrons. The zero-order valence-electron chi connectivity index (χ0n) is 10.8. The molecule has 5 nitrogen and oxygen atoms in total. The van der Waals surface area contributed by atoms with E-state index in [0.717, 1.165) is 12.1 Å². The molecule has 23 heavy (non-hydrogen) atoms. The number of anilines is 1. The van der Waals surface area contributed by atoms with E-state index in [1.165, 1.54) is 24.3 Å². The molecular weight excluding hydrogens is 341 g/mol. The molecule has 0 spiro atoms. The molecule has 1 rings (SSSR count). The minimum absolute atomic E-state index is 0.224. The number of nitriles is 3. The van der Waals surface area contributed by atoms with Gasteiger partial charge in [-0.3, -0.25) is 5.43 Å². The zero-order chi connectivity index (χ0) is 17.7. The second kappa shape index (κ2) is 6.95. The Balaban J connectivity index is 3.22. The van der Waals surface area contributed by atoms with E-state index in [9.17, 15) is 22.0 Å². The number of thioether (sulfide) groups is 1. The van der Waals surface area contributed by atoms with E-state index < -0.39 is 39.4 Å². The molecule has 118 valence electrons. The second-order valence-electron chi connectivity index (χ2n) is 3.70. The molecule has 11 heteroatoms. The van der Waals surface area contributed by atoms with Gasteiger partial charge in [0.2, 0.25) is 5.71 Å². The van der Waals surface area contributed by atoms with E-state index in [1.807, 2.05) is 0 Å². The van der Waals surface area contributed by atoms with Crippen LogP contribution in [0.1, 0.15) is 5.56 Å². The Morgan fingerprint density at radius 3 is 2.17 bits per heavy atom. The summed E-state index contributed by atoms with van der Waals surface area (Å²) in [4.78, 5) is -0.634. The van der Waals surface area contributed by atoms with Crippen molar-refractivity contribution in [2.45, 2.75) is 16.3 Å². The molecule has 0 bridgehead atoms. The topological polar surface area (TPSA) is 95.8 Å². The largest absolute Gasteiger partial charge is 0.464 e. The molecule has 0 saturated heterocycles. The first kappa shape index (κ1) is 18.2. The number of halogens is 5. The van der Waals surface area contributed by atoms with E-state index in [4.69, 9.17) is 15.8 Å². The average Bonchev–Trinajstić information content (AvgIpc) is 2.47. The van der Waals surface area contributed by atoms with Crippen LogP contribution in [0.5, 0.6) is 0 Å². The van der Waals surface area contributed by atoms with Crippen LogP contribution in [0.3, 0.4) is 0 Å². The molecule has 0 aliphatic carbocycles. The molecular formula is C12H4F5N5S. The van der Waals surface area contributed by atoms with Gasteiger partial charge >= 0.3 is 11.4 Å². The van der Waals surface area contributed by atoms with Crippen LogP contribution in [0.2, 0.25) is 0 Å². The van der Waals surface area contributed by atoms with Crippen LogP contribution in [-0.2, 0) is 0 Å². The minimum Gasteiger partial charge on any atom is -0.275 e. The standard InChI is InChI=1S/C12H4F5N5S/c13-11(14,15)12(16,17)23-10-3-1-2-9(8(10)6-20)22-21-7(4-18)5-19/h1-3,22H. The lowest BCUT2D eigenvalue weighted by molar-refractivity contribution is -0.237. The summed E-state index contributed by atoms with van der Waals surface area (Å²) in [5, 5.41) is 24.2. The van der Waals surface area contributed by atoms with Gasteiger partial charge in [0.15, 0.2) is 0 Å². The van der Waals surface area contributed by atoms with Crippen molar-refractivity contribution >= 4 is 23.2 Å². The van der Waals surface area contributed by atoms with Gasteiger partial charge < -0.3 is 0 Å². The maximum Gasteiger partial charge on any atom is 0.464 e. The fourth-order valence-corrected chi connectivity index (χ4v) is 2.01. The summed E-state index contributed by atoms with van der Waals surface area (Å²) in [7, 11) is 0. The summed E-state index contributed by atoms with van der Waals surface area (Å²) >= 11 is -0.835. The summed E-state index contributed by atoms with van der Waals surface area (Å²) in [5.74, 6) is 0. The number of hydrogen-bond acceptors (Lipinski definition) is 6. The fourth-order valence-electron chi connectivity index (χ4n) is 1.21. The predicted molar refractivity (Wildman–Crippen MR) is 70.3 cm³/mol. The molecule has 0 fully saturated rings. The predicted octanol–water partition coefficient (Wildman–Crippen LogP) is 3.62. The number of alkyl halides is 5. The number of benzene rings is 1. The zero-order valence-corrected chi connectivity index (χ0v) is 11.6. The van der Waals surface area contributed by atoms with Crippen LogP contribution in [-0.4, -0.2) is 17.1 Å². The van der Waals surface area contributed by atoms with E-state index in [1.54, 1.807) is 0 Å². The van der Waals surface area contributed by atoms with Gasteiger partial charge in [-0.15, -0.1) is 0 Å². The van der Waals surface area contributed by atoms with Gasteiger partial charge in [-0.05, 0) is 23.9 Å². The highest BCUT2D eigenvalue weighted by Gasteiger charge is 2.58. The van der Waals surface area contributed by atoms with Crippen molar-refractivity contribution in [3.8, 4) is 18.2 Å². The molecule has 0 aliphatic rings. The van der Waals surface area contributed by atoms with Gasteiger partial charge in [-0.1, -0.05) is 6.07 Å². The van der Waals surface area contributed by atoms with Crippen LogP contribution >= 0.6 is 11.8 Å². The summed E-state index contributed by atoms with van der Waals surface area (Å²) in [5.41, 5.74) is 0.743. The first-order valence-electron chi connectivity index (χ1n) is 5.47. The van der Waals surface area contributed by atoms with Crippen molar-refractivity contribution < 1.29 is 22.0 Å². The Hall–Kier alpha value is -2.84. The summed E-state index contributed by atoms with van der Waals surface area (Å²) in [6.07, 6.45) is -5.79. The van der Waals surface area contributed by atoms with Gasteiger partial charge in [0.25, 0.3) is 0 Å². The molecule has 0 amide bonds. The van der Waals surface area contributed by atoms with Crippen LogP contribution in [0.25, 0.3) is 0 Å². The second-order valence-corrected chi connectivity index (χ2v) is 4.86. The smallest absolute Gasteiger partial charge is 0.275 e. The fraction of sp³-hybridized carbons (Fsp3) is 0.167. The van der Waals surface area contributed by atoms with Crippen LogP contribution < -0.4 is 5.43 Å². The highest BCUT2D eigenvalue weighted by molar-refractivity contribution is 8.00. The number of hydrogen-bond donors (Lipinski definition) is 1. The third-order valence-corrected chi connectivity index (χ3v) is 3.25. The monoisotopic (exact) mass is 345 g/mol. The third kappa shape index (κ3) is 4.31. The quantitative estimate of drug-likeness (QED) is 0.389. The maximum atomic E-state index is 13.1. The van der Waals surface area contributed by atoms with Gasteiger partial charge in [0, 0.05) is 4.90 Å². The van der Waals surface area contributed by atoms with Crippen molar-refractivity contribution in [2.24, 2.45) is 5.10 Å². The Bertz CT molecular complexity index is 735. The first-order chi connectivity index (χ1) is 10.7. The summed E-state index contributed by atoms with van der Waals surface area (Å²) < 4.78 is 62.9. The summed E-state index contributed by atoms with van der Waals surface area (Å²) in [6, 6.07) is 7.48. The molecule has 1 aromatic rings. The van der Waals surface area contributed by atoms with E-state index in [0.29, 0.717) is 0 Å². The molecule has 0 aliphatic heterocycles. The maximum absolute atomic E-state index is 13.1. The summed E-state index contributed by atoms with van der Waals surface area (Å²) in [6.45, 7) is 0. The average molecular weight is 345 g/mol. The molecule has 0 unspecified atom stereocenters. The van der Waals surface area contributed by atoms with Crippen LogP contribution in [0.4, 0.5) is 27.6 Å². The van der Waals surface area contributed by atoms with Gasteiger partial charge in [-0.25, -0.2) is 0 Å². The Morgan fingerprint density at radius 1 is 1.09 bits per heavy atom. The number of hydrazone groups is 1. The van der Waals surface area contributed by atoms with Gasteiger partial charge in [0.05, 0.1) is 11.3 Å². The molecule has 0 saturated carbocycles. The number of nitrogens with one attached hydrogen (secondary N) is 1. The van der Waals surface area contributed by atoms with Gasteiger partial charge in [0.1, 0.15) is 18.2 Å². The van der Waals surface area contributed by atoms with Crippen molar-refractivity contribution in [1.82, 2.24) is 0 Å². The lowest BCUT2D eigenvalue weighted by Gasteiger charge is -2.19. The molecule has 0 atom stereocenters. The SMILES string of the molecule is N#CC(C#N)=NNc1cccc(SC(F)(F)C(F)(F)F)c1C#N. The molecule has 1 aromatic carbocycles. The highest BCUT2D eigenvalue weighted by atomic mass is 32.2. The lowest BCUT2D eigenvalue weighted by Crippen LogP contribution is -2.32. The Kier molecular flexibility index (Phi) is 5.50. The molecule has 1 N–H and O–H groups in total.